The molecule has 2 aromatic heterocycles. The number of fused-ring (bicyclic) bond motifs is 2. The fourth-order valence-corrected chi connectivity index (χ4v) is 5.77. The summed E-state index contributed by atoms with van der Waals surface area (Å²) in [7, 11) is 3.82. The first-order valence-corrected chi connectivity index (χ1v) is 13.5. The van der Waals surface area contributed by atoms with E-state index in [2.05, 4.69) is 26.3 Å². The Balaban J connectivity index is 1.55. The molecule has 1 atom stereocenters. The van der Waals surface area contributed by atoms with Gasteiger partial charge in [-0.1, -0.05) is 6.07 Å². The third-order valence-electron chi connectivity index (χ3n) is 7.88. The van der Waals surface area contributed by atoms with Crippen molar-refractivity contribution in [3.05, 3.63) is 70.6 Å². The van der Waals surface area contributed by atoms with E-state index >= 15 is 0 Å². The van der Waals surface area contributed by atoms with E-state index in [-0.39, 0.29) is 29.7 Å². The molecule has 0 unspecified atom stereocenters. The molecule has 1 fully saturated rings. The lowest BCUT2D eigenvalue weighted by Gasteiger charge is -2.40. The highest BCUT2D eigenvalue weighted by molar-refractivity contribution is 5.98. The minimum atomic E-state index is -0.511. The zero-order valence-corrected chi connectivity index (χ0v) is 23.1. The number of anilines is 1. The molecule has 3 aromatic rings. The predicted molar refractivity (Wildman–Crippen MR) is 146 cm³/mol. The number of imidazole rings is 1. The van der Waals surface area contributed by atoms with Crippen LogP contribution in [0.15, 0.2) is 36.8 Å². The van der Waals surface area contributed by atoms with Crippen LogP contribution in [-0.2, 0) is 18.5 Å². The van der Waals surface area contributed by atoms with Crippen molar-refractivity contribution in [1.29, 1.82) is 0 Å². The van der Waals surface area contributed by atoms with Gasteiger partial charge in [0, 0.05) is 56.1 Å². The largest absolute Gasteiger partial charge is 0.491 e. The maximum absolute atomic E-state index is 14.2. The smallest absolute Gasteiger partial charge is 0.254 e. The molecule has 0 bridgehead atoms. The highest BCUT2D eigenvalue weighted by Crippen LogP contribution is 2.55. The highest BCUT2D eigenvalue weighted by Gasteiger charge is 2.53. The highest BCUT2D eigenvalue weighted by atomic mass is 19.1. The van der Waals surface area contributed by atoms with E-state index in [1.807, 2.05) is 42.7 Å². The number of pyridine rings is 1. The summed E-state index contributed by atoms with van der Waals surface area (Å²) in [4.78, 5) is 26.8. The third-order valence-corrected chi connectivity index (χ3v) is 7.88. The zero-order chi connectivity index (χ0) is 27.7. The van der Waals surface area contributed by atoms with Crippen LogP contribution < -0.4 is 10.1 Å². The van der Waals surface area contributed by atoms with Crippen molar-refractivity contribution in [2.45, 2.75) is 51.2 Å². The minimum absolute atomic E-state index is 0.0495. The van der Waals surface area contributed by atoms with Crippen molar-refractivity contribution in [1.82, 2.24) is 24.3 Å². The SMILES string of the molecule is CCOc1cc([C@H](C)N2CC3(CC3)c3c(CN(C)CCO)cc(Cn4ccnc4NC)cc3C2=O)ncc1F. The van der Waals surface area contributed by atoms with Gasteiger partial charge in [0.25, 0.3) is 5.91 Å². The maximum Gasteiger partial charge on any atom is 0.254 e. The number of hydrogen-bond donors (Lipinski definition) is 2. The Morgan fingerprint density at radius 1 is 1.28 bits per heavy atom. The van der Waals surface area contributed by atoms with Gasteiger partial charge in [-0.2, -0.15) is 0 Å². The van der Waals surface area contributed by atoms with Gasteiger partial charge in [0.2, 0.25) is 5.95 Å². The average Bonchev–Trinajstić information content (AvgIpc) is 3.54. The first kappa shape index (κ1) is 27.1. The lowest BCUT2D eigenvalue weighted by atomic mass is 9.81. The fraction of sp³-hybridized carbons (Fsp3) is 0.483. The summed E-state index contributed by atoms with van der Waals surface area (Å²) in [5.41, 5.74) is 4.47. The van der Waals surface area contributed by atoms with Gasteiger partial charge < -0.3 is 24.6 Å². The molecule has 1 spiro atoms. The normalized spacial score (nSPS) is 16.5. The van der Waals surface area contributed by atoms with Gasteiger partial charge >= 0.3 is 0 Å². The van der Waals surface area contributed by atoms with E-state index in [0.717, 1.165) is 35.5 Å². The number of aliphatic hydroxyl groups is 1. The van der Waals surface area contributed by atoms with Crippen LogP contribution in [0.25, 0.3) is 0 Å². The lowest BCUT2D eigenvalue weighted by Crippen LogP contribution is -2.45. The number of aromatic nitrogens is 3. The molecule has 0 saturated heterocycles. The molecule has 208 valence electrons. The summed E-state index contributed by atoms with van der Waals surface area (Å²) in [6.07, 6.45) is 6.83. The Bertz CT molecular complexity index is 1350. The number of ether oxygens (including phenoxy) is 1. The average molecular weight is 537 g/mol. The molecular formula is C29H37FN6O3. The summed E-state index contributed by atoms with van der Waals surface area (Å²) >= 11 is 0. The zero-order valence-electron chi connectivity index (χ0n) is 23.1. The van der Waals surface area contributed by atoms with E-state index in [1.165, 1.54) is 6.20 Å². The van der Waals surface area contributed by atoms with Crippen LogP contribution in [0.2, 0.25) is 0 Å². The van der Waals surface area contributed by atoms with Gasteiger partial charge in [0.1, 0.15) is 0 Å². The molecular weight excluding hydrogens is 499 g/mol. The summed E-state index contributed by atoms with van der Waals surface area (Å²) in [5.74, 6) is 0.340. The van der Waals surface area contributed by atoms with Crippen LogP contribution >= 0.6 is 0 Å². The fourth-order valence-electron chi connectivity index (χ4n) is 5.77. The Morgan fingerprint density at radius 3 is 2.77 bits per heavy atom. The van der Waals surface area contributed by atoms with Crippen molar-refractivity contribution in [3.63, 3.8) is 0 Å². The number of rotatable bonds is 11. The van der Waals surface area contributed by atoms with Crippen LogP contribution in [-0.4, -0.2) is 75.7 Å². The standard InChI is InChI=1S/C29H37FN6O3/c1-5-39-25-14-24(33-15-23(25)30)19(2)36-18-29(6-7-29)26-21(17-34(4)10-11-37)12-20(13-22(26)27(36)38)16-35-9-8-32-28(35)31-3/h8-9,12-15,19,37H,5-7,10-11,16-18H2,1-4H3,(H,31,32)/t19-/m0/s1. The molecule has 3 heterocycles. The minimum Gasteiger partial charge on any atom is -0.491 e. The molecule has 10 heteroatoms. The Kier molecular flexibility index (Phi) is 7.59. The second kappa shape index (κ2) is 10.9. The number of hydrogen-bond acceptors (Lipinski definition) is 7. The van der Waals surface area contributed by atoms with Crippen LogP contribution in [0.5, 0.6) is 5.75 Å². The molecule has 5 rings (SSSR count). The predicted octanol–water partition coefficient (Wildman–Crippen LogP) is 3.58. The van der Waals surface area contributed by atoms with Crippen molar-refractivity contribution < 1.29 is 19.0 Å². The van der Waals surface area contributed by atoms with Crippen LogP contribution in [0.4, 0.5) is 10.3 Å². The molecule has 2 N–H and O–H groups in total. The summed E-state index contributed by atoms with van der Waals surface area (Å²) in [6, 6.07) is 5.48. The number of likely N-dealkylation sites (N-methyl/N-ethyl adjacent to an activating group) is 1. The molecule has 0 radical (unpaired) electrons. The number of nitrogens with one attached hydrogen (secondary N) is 1. The van der Waals surface area contributed by atoms with Gasteiger partial charge in [0.15, 0.2) is 11.6 Å². The first-order valence-electron chi connectivity index (χ1n) is 13.5. The van der Waals surface area contributed by atoms with Gasteiger partial charge in [-0.3, -0.25) is 14.7 Å². The van der Waals surface area contributed by atoms with E-state index in [9.17, 15) is 14.3 Å². The van der Waals surface area contributed by atoms with Gasteiger partial charge in [0.05, 0.1) is 37.7 Å². The molecule has 1 aromatic carbocycles. The summed E-state index contributed by atoms with van der Waals surface area (Å²) < 4.78 is 21.7. The van der Waals surface area contributed by atoms with Gasteiger partial charge in [-0.25, -0.2) is 9.37 Å². The number of aliphatic hydroxyl groups excluding tert-OH is 1. The Morgan fingerprint density at radius 2 is 2.08 bits per heavy atom. The second-order valence-corrected chi connectivity index (χ2v) is 10.6. The number of halogens is 1. The Labute approximate surface area is 228 Å². The van der Waals surface area contributed by atoms with Crippen molar-refractivity contribution >= 4 is 11.9 Å². The molecule has 9 nitrogen and oxygen atoms in total. The second-order valence-electron chi connectivity index (χ2n) is 10.6. The van der Waals surface area contributed by atoms with Crippen molar-refractivity contribution in [2.24, 2.45) is 0 Å². The van der Waals surface area contributed by atoms with Crippen LogP contribution in [0, 0.1) is 5.82 Å². The summed E-state index contributed by atoms with van der Waals surface area (Å²) in [6.45, 7) is 6.51. The number of carbonyl (C=O) groups excluding carboxylic acids is 1. The van der Waals surface area contributed by atoms with Crippen molar-refractivity contribution in [2.75, 3.05) is 45.7 Å². The Hall–Kier alpha value is -3.50. The molecule has 1 aliphatic carbocycles. The molecule has 1 aliphatic heterocycles. The van der Waals surface area contributed by atoms with Crippen LogP contribution in [0.1, 0.15) is 65.5 Å². The van der Waals surface area contributed by atoms with E-state index in [0.29, 0.717) is 44.0 Å². The molecule has 1 saturated carbocycles. The van der Waals surface area contributed by atoms with Gasteiger partial charge in [-0.15, -0.1) is 0 Å². The van der Waals surface area contributed by atoms with Crippen LogP contribution in [0.3, 0.4) is 0 Å². The number of benzene rings is 1. The maximum atomic E-state index is 14.2. The molecule has 1 amide bonds. The van der Waals surface area contributed by atoms with E-state index in [1.54, 1.807) is 19.2 Å². The topological polar surface area (TPSA) is 95.7 Å². The first-order chi connectivity index (χ1) is 18.8. The quantitative estimate of drug-likeness (QED) is 0.387. The third kappa shape index (κ3) is 5.23. The molecule has 2 aliphatic rings. The van der Waals surface area contributed by atoms with E-state index < -0.39 is 5.82 Å². The number of nitrogens with zero attached hydrogens (tertiary/aromatic N) is 5. The molecule has 39 heavy (non-hydrogen) atoms. The number of carbonyl (C=O) groups is 1. The summed E-state index contributed by atoms with van der Waals surface area (Å²) in [5, 5.41) is 12.6. The van der Waals surface area contributed by atoms with Gasteiger partial charge in [-0.05, 0) is 56.5 Å². The van der Waals surface area contributed by atoms with Crippen molar-refractivity contribution in [3.8, 4) is 5.75 Å². The monoisotopic (exact) mass is 536 g/mol. The number of amides is 1. The lowest BCUT2D eigenvalue weighted by molar-refractivity contribution is 0.0633. The van der Waals surface area contributed by atoms with E-state index in [4.69, 9.17) is 4.74 Å².